The van der Waals surface area contributed by atoms with Crippen LogP contribution >= 0.6 is 11.8 Å². The number of benzene rings is 2. The first-order valence-electron chi connectivity index (χ1n) is 8.95. The van der Waals surface area contributed by atoms with Crippen molar-refractivity contribution in [3.05, 3.63) is 53.6 Å². The SMILES string of the molecule is CCCCCc1ccc(-c2cc3ccc(SC)cc3o2)c(CC)c1. The molecule has 0 amide bonds. The predicted molar refractivity (Wildman–Crippen MR) is 106 cm³/mol. The second kappa shape index (κ2) is 7.94. The maximum absolute atomic E-state index is 6.16. The molecule has 1 nitrogen and oxygen atoms in total. The number of rotatable bonds is 7. The van der Waals surface area contributed by atoms with E-state index in [1.54, 1.807) is 11.8 Å². The van der Waals surface area contributed by atoms with Crippen LogP contribution in [0.1, 0.15) is 44.2 Å². The van der Waals surface area contributed by atoms with Gasteiger partial charge in [-0.05, 0) is 60.9 Å². The lowest BCUT2D eigenvalue weighted by atomic mass is 9.97. The minimum absolute atomic E-state index is 0.978. The average Bonchev–Trinajstić information content (AvgIpc) is 3.04. The van der Waals surface area contributed by atoms with Gasteiger partial charge in [-0.3, -0.25) is 0 Å². The fraction of sp³-hybridized carbons (Fsp3) is 0.364. The summed E-state index contributed by atoms with van der Waals surface area (Å²) in [5.41, 5.74) is 5.04. The van der Waals surface area contributed by atoms with Gasteiger partial charge in [0.15, 0.2) is 0 Å². The third kappa shape index (κ3) is 3.70. The van der Waals surface area contributed by atoms with E-state index < -0.39 is 0 Å². The van der Waals surface area contributed by atoms with Crippen LogP contribution in [0.3, 0.4) is 0 Å². The van der Waals surface area contributed by atoms with Crippen LogP contribution in [0.25, 0.3) is 22.3 Å². The number of furan rings is 1. The molecular formula is C22H26OS. The van der Waals surface area contributed by atoms with Gasteiger partial charge in [0.1, 0.15) is 11.3 Å². The van der Waals surface area contributed by atoms with Crippen LogP contribution in [0.5, 0.6) is 0 Å². The molecule has 0 fully saturated rings. The molecular weight excluding hydrogens is 312 g/mol. The summed E-state index contributed by atoms with van der Waals surface area (Å²) in [6.45, 7) is 4.48. The summed E-state index contributed by atoms with van der Waals surface area (Å²) >= 11 is 1.75. The van der Waals surface area contributed by atoms with Gasteiger partial charge < -0.3 is 4.42 Å². The van der Waals surface area contributed by atoms with Crippen molar-refractivity contribution < 1.29 is 4.42 Å². The van der Waals surface area contributed by atoms with E-state index in [1.165, 1.54) is 52.7 Å². The van der Waals surface area contributed by atoms with E-state index in [2.05, 4.69) is 62.6 Å². The molecule has 0 unspecified atom stereocenters. The topological polar surface area (TPSA) is 13.1 Å². The zero-order chi connectivity index (χ0) is 16.9. The number of unbranched alkanes of at least 4 members (excludes halogenated alkanes) is 2. The van der Waals surface area contributed by atoms with Gasteiger partial charge in [0.2, 0.25) is 0 Å². The van der Waals surface area contributed by atoms with Crippen LogP contribution in [-0.2, 0) is 12.8 Å². The zero-order valence-electron chi connectivity index (χ0n) is 14.9. The molecule has 2 aromatic carbocycles. The minimum atomic E-state index is 0.978. The molecule has 2 heteroatoms. The molecule has 0 saturated carbocycles. The number of fused-ring (bicyclic) bond motifs is 1. The normalized spacial score (nSPS) is 11.3. The Morgan fingerprint density at radius 2 is 1.83 bits per heavy atom. The van der Waals surface area contributed by atoms with Gasteiger partial charge in [-0.15, -0.1) is 11.8 Å². The van der Waals surface area contributed by atoms with E-state index >= 15 is 0 Å². The molecule has 3 aromatic rings. The molecule has 0 aliphatic rings. The lowest BCUT2D eigenvalue weighted by Crippen LogP contribution is -1.92. The number of thioether (sulfide) groups is 1. The molecule has 0 saturated heterocycles. The smallest absolute Gasteiger partial charge is 0.135 e. The lowest BCUT2D eigenvalue weighted by molar-refractivity contribution is 0.629. The molecule has 126 valence electrons. The Morgan fingerprint density at radius 1 is 0.958 bits per heavy atom. The van der Waals surface area contributed by atoms with Crippen LogP contribution < -0.4 is 0 Å². The summed E-state index contributed by atoms with van der Waals surface area (Å²) in [6.07, 6.45) is 8.17. The van der Waals surface area contributed by atoms with Crippen molar-refractivity contribution in [2.24, 2.45) is 0 Å². The van der Waals surface area contributed by atoms with Crippen LogP contribution in [0.15, 0.2) is 51.8 Å². The second-order valence-electron chi connectivity index (χ2n) is 6.32. The van der Waals surface area contributed by atoms with Crippen molar-refractivity contribution in [3.8, 4) is 11.3 Å². The Bertz CT molecular complexity index is 816. The molecule has 0 N–H and O–H groups in total. The van der Waals surface area contributed by atoms with Crippen molar-refractivity contribution in [2.45, 2.75) is 50.8 Å². The molecule has 0 bridgehead atoms. The highest BCUT2D eigenvalue weighted by atomic mass is 32.2. The van der Waals surface area contributed by atoms with Gasteiger partial charge in [0.05, 0.1) is 0 Å². The highest BCUT2D eigenvalue weighted by molar-refractivity contribution is 7.98. The largest absolute Gasteiger partial charge is 0.456 e. The maximum atomic E-state index is 6.16. The molecule has 0 atom stereocenters. The van der Waals surface area contributed by atoms with E-state index in [0.717, 1.165) is 17.8 Å². The fourth-order valence-electron chi connectivity index (χ4n) is 3.19. The molecule has 0 aliphatic carbocycles. The first kappa shape index (κ1) is 17.2. The van der Waals surface area contributed by atoms with Gasteiger partial charge in [-0.2, -0.15) is 0 Å². The summed E-state index contributed by atoms with van der Waals surface area (Å²) in [6, 6.07) is 15.5. The third-order valence-electron chi connectivity index (χ3n) is 4.61. The minimum Gasteiger partial charge on any atom is -0.456 e. The van der Waals surface area contributed by atoms with Crippen LogP contribution in [0, 0.1) is 0 Å². The van der Waals surface area contributed by atoms with Crippen LogP contribution in [0.2, 0.25) is 0 Å². The summed E-state index contributed by atoms with van der Waals surface area (Å²) in [4.78, 5) is 1.24. The Kier molecular flexibility index (Phi) is 5.68. The van der Waals surface area contributed by atoms with Crippen molar-refractivity contribution in [2.75, 3.05) is 6.26 Å². The van der Waals surface area contributed by atoms with E-state index in [4.69, 9.17) is 4.42 Å². The predicted octanol–water partition coefficient (Wildman–Crippen LogP) is 7.12. The summed E-state index contributed by atoms with van der Waals surface area (Å²) in [5, 5.41) is 1.18. The molecule has 0 aliphatic heterocycles. The van der Waals surface area contributed by atoms with Gasteiger partial charge in [0, 0.05) is 15.8 Å². The monoisotopic (exact) mass is 338 g/mol. The van der Waals surface area contributed by atoms with Gasteiger partial charge in [-0.25, -0.2) is 0 Å². The molecule has 0 radical (unpaired) electrons. The summed E-state index contributed by atoms with van der Waals surface area (Å²) in [7, 11) is 0. The lowest BCUT2D eigenvalue weighted by Gasteiger charge is -2.08. The van der Waals surface area contributed by atoms with Crippen molar-refractivity contribution >= 4 is 22.7 Å². The molecule has 0 spiro atoms. The van der Waals surface area contributed by atoms with E-state index in [-0.39, 0.29) is 0 Å². The maximum Gasteiger partial charge on any atom is 0.135 e. The standard InChI is InChI=1S/C22H26OS/c1-4-6-7-8-16-9-12-20(17(5-2)13-16)22-14-18-10-11-19(24-3)15-21(18)23-22/h9-15H,4-8H2,1-3H3. The van der Waals surface area contributed by atoms with Gasteiger partial charge in [-0.1, -0.05) is 44.9 Å². The number of hydrogen-bond donors (Lipinski definition) is 0. The highest BCUT2D eigenvalue weighted by Gasteiger charge is 2.11. The number of hydrogen-bond acceptors (Lipinski definition) is 2. The Labute approximate surface area is 149 Å². The Balaban J connectivity index is 1.93. The molecule has 24 heavy (non-hydrogen) atoms. The molecule has 1 heterocycles. The molecule has 3 rings (SSSR count). The second-order valence-corrected chi connectivity index (χ2v) is 7.20. The number of aryl methyl sites for hydroxylation is 2. The Morgan fingerprint density at radius 3 is 2.58 bits per heavy atom. The van der Waals surface area contributed by atoms with Crippen molar-refractivity contribution in [1.29, 1.82) is 0 Å². The van der Waals surface area contributed by atoms with E-state index in [1.807, 2.05) is 0 Å². The van der Waals surface area contributed by atoms with Crippen LogP contribution in [0.4, 0.5) is 0 Å². The van der Waals surface area contributed by atoms with Gasteiger partial charge in [0.25, 0.3) is 0 Å². The fourth-order valence-corrected chi connectivity index (χ4v) is 3.61. The highest BCUT2D eigenvalue weighted by Crippen LogP contribution is 2.33. The third-order valence-corrected chi connectivity index (χ3v) is 5.34. The van der Waals surface area contributed by atoms with E-state index in [9.17, 15) is 0 Å². The zero-order valence-corrected chi connectivity index (χ0v) is 15.7. The summed E-state index contributed by atoms with van der Waals surface area (Å²) in [5.74, 6) is 0.986. The first-order valence-corrected chi connectivity index (χ1v) is 10.2. The quantitative estimate of drug-likeness (QED) is 0.336. The average molecular weight is 339 g/mol. The van der Waals surface area contributed by atoms with Crippen LogP contribution in [-0.4, -0.2) is 6.26 Å². The molecule has 1 aromatic heterocycles. The summed E-state index contributed by atoms with van der Waals surface area (Å²) < 4.78 is 6.16. The Hall–Kier alpha value is -1.67. The first-order chi connectivity index (χ1) is 11.7. The van der Waals surface area contributed by atoms with Gasteiger partial charge >= 0.3 is 0 Å². The van der Waals surface area contributed by atoms with Crippen molar-refractivity contribution in [1.82, 2.24) is 0 Å². The van der Waals surface area contributed by atoms with E-state index in [0.29, 0.717) is 0 Å². The van der Waals surface area contributed by atoms with Crippen molar-refractivity contribution in [3.63, 3.8) is 0 Å².